The maximum Gasteiger partial charge on any atom is 0.0701 e. The summed E-state index contributed by atoms with van der Waals surface area (Å²) < 4.78 is 1.20. The molecule has 4 heteroatoms. The molecular formula is C15H17BrN2S. The molecule has 0 unspecified atom stereocenters. The summed E-state index contributed by atoms with van der Waals surface area (Å²) in [5.41, 5.74) is 4.34. The minimum atomic E-state index is 0.933. The van der Waals surface area contributed by atoms with E-state index in [9.17, 15) is 0 Å². The Morgan fingerprint density at radius 1 is 1.16 bits per heavy atom. The van der Waals surface area contributed by atoms with Crippen LogP contribution in [0.2, 0.25) is 0 Å². The highest BCUT2D eigenvalue weighted by Gasteiger charge is 2.08. The third kappa shape index (κ3) is 3.45. The molecule has 0 atom stereocenters. The van der Waals surface area contributed by atoms with E-state index in [0.29, 0.717) is 0 Å². The molecule has 2 nitrogen and oxygen atoms in total. The minimum Gasteiger partial charge on any atom is -0.312 e. The topological polar surface area (TPSA) is 24.1 Å². The van der Waals surface area contributed by atoms with Crippen molar-refractivity contribution in [1.82, 2.24) is 10.6 Å². The van der Waals surface area contributed by atoms with Gasteiger partial charge < -0.3 is 10.6 Å². The fourth-order valence-corrected chi connectivity index (χ4v) is 3.87. The van der Waals surface area contributed by atoms with Gasteiger partial charge in [0.1, 0.15) is 0 Å². The lowest BCUT2D eigenvalue weighted by Crippen LogP contribution is -2.24. The summed E-state index contributed by atoms with van der Waals surface area (Å²) in [7, 11) is 0. The second-order valence-electron chi connectivity index (χ2n) is 4.84. The number of halogens is 1. The normalized spacial score (nSPS) is 14.4. The summed E-state index contributed by atoms with van der Waals surface area (Å²) in [6.07, 6.45) is 1.16. The van der Waals surface area contributed by atoms with Crippen molar-refractivity contribution in [1.29, 1.82) is 0 Å². The summed E-state index contributed by atoms with van der Waals surface area (Å²) in [5, 5.41) is 6.94. The van der Waals surface area contributed by atoms with E-state index in [4.69, 9.17) is 0 Å². The van der Waals surface area contributed by atoms with Crippen molar-refractivity contribution >= 4 is 27.3 Å². The van der Waals surface area contributed by atoms with E-state index >= 15 is 0 Å². The maximum absolute atomic E-state index is 3.51. The Balaban J connectivity index is 1.58. The molecule has 0 amide bonds. The van der Waals surface area contributed by atoms with E-state index in [0.717, 1.165) is 32.6 Å². The van der Waals surface area contributed by atoms with Crippen molar-refractivity contribution in [2.75, 3.05) is 6.54 Å². The summed E-state index contributed by atoms with van der Waals surface area (Å²) >= 11 is 5.28. The highest BCUT2D eigenvalue weighted by molar-refractivity contribution is 9.11. The standard InChI is InChI=1S/C15H17BrN2S/c16-15-4-3-14(19-15)10-18-8-11-1-2-12-5-6-17-9-13(12)7-11/h1-4,7,17-18H,5-6,8-10H2. The van der Waals surface area contributed by atoms with Crippen LogP contribution in [0.15, 0.2) is 34.1 Å². The van der Waals surface area contributed by atoms with Crippen LogP contribution in [0.25, 0.3) is 0 Å². The van der Waals surface area contributed by atoms with E-state index in [1.54, 1.807) is 11.3 Å². The zero-order valence-electron chi connectivity index (χ0n) is 10.7. The molecule has 0 saturated heterocycles. The van der Waals surface area contributed by atoms with Gasteiger partial charge in [0, 0.05) is 24.5 Å². The van der Waals surface area contributed by atoms with Crippen molar-refractivity contribution in [3.63, 3.8) is 0 Å². The molecule has 0 fully saturated rings. The molecule has 100 valence electrons. The largest absolute Gasteiger partial charge is 0.312 e. The van der Waals surface area contributed by atoms with Gasteiger partial charge in [-0.05, 0) is 57.7 Å². The Labute approximate surface area is 126 Å². The molecule has 0 bridgehead atoms. The van der Waals surface area contributed by atoms with Crippen molar-refractivity contribution in [3.8, 4) is 0 Å². The van der Waals surface area contributed by atoms with Crippen LogP contribution < -0.4 is 10.6 Å². The first kappa shape index (κ1) is 13.3. The Bertz CT molecular complexity index is 565. The fourth-order valence-electron chi connectivity index (χ4n) is 2.42. The lowest BCUT2D eigenvalue weighted by molar-refractivity contribution is 0.639. The van der Waals surface area contributed by atoms with Gasteiger partial charge in [-0.2, -0.15) is 0 Å². The summed E-state index contributed by atoms with van der Waals surface area (Å²) in [5.74, 6) is 0. The lowest BCUT2D eigenvalue weighted by atomic mass is 9.98. The van der Waals surface area contributed by atoms with Gasteiger partial charge in [0.25, 0.3) is 0 Å². The van der Waals surface area contributed by atoms with E-state index in [2.05, 4.69) is 56.9 Å². The fraction of sp³-hybridized carbons (Fsp3) is 0.333. The van der Waals surface area contributed by atoms with E-state index in [-0.39, 0.29) is 0 Å². The number of benzene rings is 1. The number of hydrogen-bond acceptors (Lipinski definition) is 3. The molecule has 0 aliphatic carbocycles. The molecule has 1 aromatic heterocycles. The molecule has 2 heterocycles. The van der Waals surface area contributed by atoms with Gasteiger partial charge in [0.15, 0.2) is 0 Å². The van der Waals surface area contributed by atoms with Crippen molar-refractivity contribution in [3.05, 3.63) is 55.7 Å². The van der Waals surface area contributed by atoms with Crippen LogP contribution >= 0.6 is 27.3 Å². The Morgan fingerprint density at radius 2 is 2.11 bits per heavy atom. The summed E-state index contributed by atoms with van der Waals surface area (Å²) in [6.45, 7) is 3.99. The number of hydrogen-bond donors (Lipinski definition) is 2. The molecule has 3 rings (SSSR count). The van der Waals surface area contributed by atoms with Crippen LogP contribution in [0.5, 0.6) is 0 Å². The van der Waals surface area contributed by atoms with Gasteiger partial charge in [-0.15, -0.1) is 11.3 Å². The maximum atomic E-state index is 3.51. The van der Waals surface area contributed by atoms with Gasteiger partial charge in [-0.25, -0.2) is 0 Å². The summed E-state index contributed by atoms with van der Waals surface area (Å²) in [4.78, 5) is 1.37. The molecule has 2 N–H and O–H groups in total. The first-order valence-corrected chi connectivity index (χ1v) is 8.18. The molecule has 0 spiro atoms. The van der Waals surface area contributed by atoms with Gasteiger partial charge in [0.05, 0.1) is 3.79 Å². The van der Waals surface area contributed by atoms with Crippen LogP contribution in [0.3, 0.4) is 0 Å². The zero-order chi connectivity index (χ0) is 13.1. The van der Waals surface area contributed by atoms with E-state index in [1.165, 1.54) is 25.4 Å². The second kappa shape index (κ2) is 6.18. The smallest absolute Gasteiger partial charge is 0.0701 e. The molecular weight excluding hydrogens is 320 g/mol. The Morgan fingerprint density at radius 3 is 2.95 bits per heavy atom. The molecule has 0 saturated carbocycles. The third-order valence-corrected chi connectivity index (χ3v) is 5.04. The van der Waals surface area contributed by atoms with Crippen LogP contribution in [-0.2, 0) is 26.1 Å². The highest BCUT2D eigenvalue weighted by atomic mass is 79.9. The quantitative estimate of drug-likeness (QED) is 0.893. The SMILES string of the molecule is Brc1ccc(CNCc2ccc3c(c2)CNCC3)s1. The van der Waals surface area contributed by atoms with Crippen LogP contribution in [-0.4, -0.2) is 6.54 Å². The van der Waals surface area contributed by atoms with Crippen molar-refractivity contribution in [2.45, 2.75) is 26.1 Å². The predicted octanol–water partition coefficient (Wildman–Crippen LogP) is 3.45. The zero-order valence-corrected chi connectivity index (χ0v) is 13.1. The highest BCUT2D eigenvalue weighted by Crippen LogP contribution is 2.22. The number of thiophene rings is 1. The molecule has 2 aromatic rings. The first-order valence-electron chi connectivity index (χ1n) is 6.57. The predicted molar refractivity (Wildman–Crippen MR) is 84.4 cm³/mol. The second-order valence-corrected chi connectivity index (χ2v) is 7.39. The molecule has 0 radical (unpaired) electrons. The third-order valence-electron chi connectivity index (χ3n) is 3.41. The Kier molecular flexibility index (Phi) is 4.33. The average Bonchev–Trinajstić information content (AvgIpc) is 2.84. The number of fused-ring (bicyclic) bond motifs is 1. The van der Waals surface area contributed by atoms with Crippen LogP contribution in [0.1, 0.15) is 21.6 Å². The van der Waals surface area contributed by atoms with Gasteiger partial charge >= 0.3 is 0 Å². The minimum absolute atomic E-state index is 0.933. The van der Waals surface area contributed by atoms with Crippen LogP contribution in [0, 0.1) is 0 Å². The van der Waals surface area contributed by atoms with E-state index < -0.39 is 0 Å². The number of nitrogens with one attached hydrogen (secondary N) is 2. The van der Waals surface area contributed by atoms with Gasteiger partial charge in [-0.1, -0.05) is 18.2 Å². The Hall–Kier alpha value is -0.680. The number of rotatable bonds is 4. The molecule has 1 aliphatic rings. The molecule has 1 aromatic carbocycles. The molecule has 19 heavy (non-hydrogen) atoms. The summed E-state index contributed by atoms with van der Waals surface area (Å²) in [6, 6.07) is 11.1. The van der Waals surface area contributed by atoms with Crippen molar-refractivity contribution < 1.29 is 0 Å². The monoisotopic (exact) mass is 336 g/mol. The van der Waals surface area contributed by atoms with Crippen molar-refractivity contribution in [2.24, 2.45) is 0 Å². The average molecular weight is 337 g/mol. The van der Waals surface area contributed by atoms with Crippen LogP contribution in [0.4, 0.5) is 0 Å². The van der Waals surface area contributed by atoms with Gasteiger partial charge in [0.2, 0.25) is 0 Å². The van der Waals surface area contributed by atoms with E-state index in [1.807, 2.05) is 0 Å². The lowest BCUT2D eigenvalue weighted by Gasteiger charge is -2.18. The first-order chi connectivity index (χ1) is 9.31. The molecule has 1 aliphatic heterocycles. The van der Waals surface area contributed by atoms with Gasteiger partial charge in [-0.3, -0.25) is 0 Å².